The van der Waals surface area contributed by atoms with Gasteiger partial charge in [0.1, 0.15) is 30.5 Å². The maximum absolute atomic E-state index is 11.0. The number of aliphatic hydroxyl groups excluding tert-OH is 1. The molecule has 6 aromatic rings. The van der Waals surface area contributed by atoms with Gasteiger partial charge in [0.25, 0.3) is 6.47 Å². The van der Waals surface area contributed by atoms with Crippen LogP contribution in [-0.2, 0) is 39.0 Å². The summed E-state index contributed by atoms with van der Waals surface area (Å²) in [5.74, 6) is 2.52. The van der Waals surface area contributed by atoms with E-state index in [0.29, 0.717) is 59.1 Å². The third-order valence-electron chi connectivity index (χ3n) is 12.1. The molecule has 0 amide bonds. The second kappa shape index (κ2) is 39.7. The van der Waals surface area contributed by atoms with Crippen LogP contribution in [0.25, 0.3) is 0 Å². The van der Waals surface area contributed by atoms with Gasteiger partial charge in [-0.15, -0.1) is 12.4 Å². The van der Waals surface area contributed by atoms with Crippen LogP contribution in [0.15, 0.2) is 158 Å². The monoisotopic (exact) mass is 1650 g/mol. The molecule has 0 heterocycles. The number of carbonyl (C=O) groups excluding carboxylic acids is 1. The van der Waals surface area contributed by atoms with Gasteiger partial charge in [0.15, 0.2) is 0 Å². The predicted molar refractivity (Wildman–Crippen MR) is 344 cm³/mol. The Morgan fingerprint density at radius 1 is 0.534 bits per heavy atom. The van der Waals surface area contributed by atoms with E-state index >= 15 is 0 Å². The van der Waals surface area contributed by atoms with Gasteiger partial charge in [0.05, 0.1) is 6.61 Å². The molecule has 0 bridgehead atoms. The number of carbonyl (C=O) groups is 1. The zero-order valence-corrected chi connectivity index (χ0v) is 57.6. The molecule has 15 heteroatoms. The van der Waals surface area contributed by atoms with E-state index in [0.717, 1.165) is 65.2 Å². The molecule has 0 spiro atoms. The summed E-state index contributed by atoms with van der Waals surface area (Å²) in [6.45, 7) is 21.5. The molecule has 1 N–H and O–H groups in total. The number of rotatable bonds is 23. The summed E-state index contributed by atoms with van der Waals surface area (Å²) in [4.78, 5) is 15.8. The van der Waals surface area contributed by atoms with Crippen molar-refractivity contribution in [2.24, 2.45) is 0 Å². The summed E-state index contributed by atoms with van der Waals surface area (Å²) in [5.41, 5.74) is 7.84. The van der Waals surface area contributed by atoms with Gasteiger partial charge in [0, 0.05) is 47.1 Å². The molecule has 0 aliphatic rings. The number of benzene rings is 6. The molecule has 397 valence electrons. The average Bonchev–Trinajstić information content (AvgIpc) is 3.36. The minimum atomic E-state index is -0.278. The first kappa shape index (κ1) is 68.5. The van der Waals surface area contributed by atoms with E-state index in [1.54, 1.807) is 6.07 Å². The molecular formula is C58H73ClI5N2O5V2. The Morgan fingerprint density at radius 3 is 1.22 bits per heavy atom. The summed E-state index contributed by atoms with van der Waals surface area (Å²) in [7, 11) is 0.628. The molecule has 0 radical (unpaired) electrons. The van der Waals surface area contributed by atoms with Crippen LogP contribution in [0.2, 0.25) is 0 Å². The Labute approximate surface area is 511 Å². The molecule has 6 rings (SSSR count). The summed E-state index contributed by atoms with van der Waals surface area (Å²) in [6, 6.07) is 55.2. The normalized spacial score (nSPS) is 11.7. The fraction of sp³-hybridized carbons (Fsp3) is 0.362. The van der Waals surface area contributed by atoms with Gasteiger partial charge in [-0.05, 0) is 139 Å². The molecule has 7 nitrogen and oxygen atoms in total. The Bertz CT molecular complexity index is 2340. The summed E-state index contributed by atoms with van der Waals surface area (Å²) >= 11 is 12.1. The number of hydrogen-bond acceptors (Lipinski definition) is 7. The third kappa shape index (κ3) is 26.3. The standard InChI is InChI=1S/C29H35NO3.C29H37NO2.ClH.5HI.2V/c1-22(2)30(23(3)4)18-17-27(25-13-9-6-10-14-25)28-19-26(33-21-31)15-16-29(28)32-20-24-11-7-5-8-12-24;1-22(2)30(23(3)4)18-17-27(26-13-9-6-10-14-26)28-19-25(20-31)15-16-29(28)32-21-24-11-7-5-8-12-24;;;;;;;;/h5-16,19,21-23,27H,17-18,20H2,1-4H3;5-16,19,22-23,27,31H,17-18,20-21H2,1-4H3;6*1H;;/q;;;;;;;;+2;+3/p-5. The van der Waals surface area contributed by atoms with Crippen molar-refractivity contribution in [3.63, 3.8) is 0 Å². The van der Waals surface area contributed by atoms with Crippen molar-refractivity contribution in [1.82, 2.24) is 9.80 Å². The molecule has 0 aromatic heterocycles. The van der Waals surface area contributed by atoms with Crippen molar-refractivity contribution in [3.05, 3.63) is 197 Å². The molecule has 0 aliphatic heterocycles. The summed E-state index contributed by atoms with van der Waals surface area (Å²) < 4.78 is 17.8. The second-order valence-electron chi connectivity index (χ2n) is 18.1. The van der Waals surface area contributed by atoms with Crippen molar-refractivity contribution < 1.29 is 38.5 Å². The first-order valence-electron chi connectivity index (χ1n) is 24.3. The summed E-state index contributed by atoms with van der Waals surface area (Å²) in [6.07, 6.45) is 1.91. The van der Waals surface area contributed by atoms with Crippen LogP contribution in [0.5, 0.6) is 17.2 Å². The van der Waals surface area contributed by atoms with Gasteiger partial charge >= 0.3 is 114 Å². The molecule has 2 unspecified atom stereocenters. The van der Waals surface area contributed by atoms with Crippen molar-refractivity contribution in [1.29, 1.82) is 0 Å². The van der Waals surface area contributed by atoms with Gasteiger partial charge in [-0.2, -0.15) is 0 Å². The number of halogens is 6. The zero-order valence-electron chi connectivity index (χ0n) is 43.2. The van der Waals surface area contributed by atoms with Crippen LogP contribution >= 0.6 is 112 Å². The van der Waals surface area contributed by atoms with E-state index in [4.69, 9.17) is 14.2 Å². The van der Waals surface area contributed by atoms with Gasteiger partial charge in [-0.1, -0.05) is 127 Å². The molecular weight excluding hydrogens is 1580 g/mol. The van der Waals surface area contributed by atoms with Crippen molar-refractivity contribution in [3.8, 4) is 17.2 Å². The SMILES string of the molecule is CC(C)N(CCC(c1ccccc1)c1cc(CO)ccc1OCc1ccccc1)C(C)C.CC(C)N(CCC(c1ccccc1)c1cc(OC=O)ccc1OCc1ccccc1)C(C)C.Cl.[I][V]([I])[I].[I][V][I]. The number of ether oxygens (including phenoxy) is 3. The average molecular weight is 1650 g/mol. The Kier molecular flexibility index (Phi) is 37.2. The first-order chi connectivity index (χ1) is 34.6. The topological polar surface area (TPSA) is 71.5 Å². The van der Waals surface area contributed by atoms with Crippen molar-refractivity contribution >= 4 is 119 Å². The van der Waals surface area contributed by atoms with Crippen LogP contribution in [0.1, 0.15) is 119 Å². The Hall–Kier alpha value is -0.621. The van der Waals surface area contributed by atoms with E-state index in [2.05, 4.69) is 250 Å². The van der Waals surface area contributed by atoms with E-state index in [1.807, 2.05) is 66.7 Å². The number of nitrogens with zero attached hydrogens (tertiary/aromatic N) is 2. The van der Waals surface area contributed by atoms with Gasteiger partial charge in [-0.25, -0.2) is 0 Å². The molecule has 0 fully saturated rings. The number of aliphatic hydroxyl groups is 1. The van der Waals surface area contributed by atoms with Crippen LogP contribution in [0, 0.1) is 0 Å². The molecule has 0 saturated carbocycles. The summed E-state index contributed by atoms with van der Waals surface area (Å²) in [5, 5.41) is 9.83. The van der Waals surface area contributed by atoms with E-state index < -0.39 is 0 Å². The van der Waals surface area contributed by atoms with Crippen molar-refractivity contribution in [2.75, 3.05) is 13.1 Å². The van der Waals surface area contributed by atoms with Gasteiger partial charge in [-0.3, -0.25) is 14.6 Å². The molecule has 0 aliphatic carbocycles. The number of hydrogen-bond donors (Lipinski definition) is 1. The van der Waals surface area contributed by atoms with E-state index in [-0.39, 0.29) is 35.8 Å². The Balaban J connectivity index is 0.000000438. The first-order valence-corrected chi connectivity index (χ1v) is 46.8. The van der Waals surface area contributed by atoms with Gasteiger partial charge in [0.2, 0.25) is 0 Å². The van der Waals surface area contributed by atoms with E-state index in [1.165, 1.54) is 11.1 Å². The van der Waals surface area contributed by atoms with Crippen molar-refractivity contribution in [2.45, 2.75) is 124 Å². The minimum absolute atomic E-state index is 0. The van der Waals surface area contributed by atoms with E-state index in [9.17, 15) is 9.90 Å². The molecule has 2 atom stereocenters. The van der Waals surface area contributed by atoms with Gasteiger partial charge < -0.3 is 19.3 Å². The Morgan fingerprint density at radius 2 is 0.877 bits per heavy atom. The molecule has 73 heavy (non-hydrogen) atoms. The predicted octanol–water partition coefficient (Wildman–Crippen LogP) is 17.7. The molecule has 0 saturated heterocycles. The quantitative estimate of drug-likeness (QED) is 0.0506. The fourth-order valence-corrected chi connectivity index (χ4v) is 8.79. The maximum atomic E-state index is 11.0. The fourth-order valence-electron chi connectivity index (χ4n) is 8.79. The van der Waals surface area contributed by atoms with Crippen LogP contribution in [0.4, 0.5) is 0 Å². The second-order valence-corrected chi connectivity index (χ2v) is 65.3. The molecule has 6 aromatic carbocycles. The van der Waals surface area contributed by atoms with Crippen LogP contribution in [0.3, 0.4) is 0 Å². The van der Waals surface area contributed by atoms with Crippen LogP contribution < -0.4 is 14.2 Å². The third-order valence-corrected chi connectivity index (χ3v) is 12.1. The van der Waals surface area contributed by atoms with Crippen LogP contribution in [-0.4, -0.2) is 58.6 Å². The zero-order chi connectivity index (χ0) is 52.8.